The van der Waals surface area contributed by atoms with Crippen LogP contribution in [0.5, 0.6) is 0 Å². The highest BCUT2D eigenvalue weighted by atomic mass is 127. The van der Waals surface area contributed by atoms with Crippen LogP contribution < -0.4 is 10.6 Å². The molecule has 7 heteroatoms. The molecule has 3 rings (SSSR count). The monoisotopic (exact) mass is 476 g/mol. The van der Waals surface area contributed by atoms with Crippen molar-refractivity contribution >= 4 is 68.3 Å². The Morgan fingerprint density at radius 1 is 0.962 bits per heavy atom. The van der Waals surface area contributed by atoms with Gasteiger partial charge in [0.15, 0.2) is 5.11 Å². The van der Waals surface area contributed by atoms with E-state index in [-0.39, 0.29) is 16.6 Å². The van der Waals surface area contributed by atoms with Crippen molar-refractivity contribution in [3.8, 4) is 0 Å². The van der Waals surface area contributed by atoms with Crippen LogP contribution in [0.25, 0.3) is 10.8 Å². The van der Waals surface area contributed by atoms with E-state index in [0.29, 0.717) is 11.3 Å². The lowest BCUT2D eigenvalue weighted by Gasteiger charge is -2.12. The Bertz CT molecular complexity index is 1040. The number of fused-ring (bicyclic) bond motifs is 1. The molecule has 0 atom stereocenters. The van der Waals surface area contributed by atoms with Gasteiger partial charge in [-0.15, -0.1) is 0 Å². The number of carbonyl (C=O) groups is 2. The summed E-state index contributed by atoms with van der Waals surface area (Å²) in [5.41, 5.74) is 0.870. The number of anilines is 1. The Labute approximate surface area is 168 Å². The summed E-state index contributed by atoms with van der Waals surface area (Å²) in [6, 6.07) is 18.0. The molecule has 0 aliphatic carbocycles. The SMILES string of the molecule is O=C(NC(=S)Nc1ccc(I)cc1C(=O)O)c1ccc2ccccc2c1. The van der Waals surface area contributed by atoms with Crippen molar-refractivity contribution in [2.45, 2.75) is 0 Å². The van der Waals surface area contributed by atoms with E-state index in [1.165, 1.54) is 6.07 Å². The third-order valence-corrected chi connectivity index (χ3v) is 4.57. The first-order valence-electron chi connectivity index (χ1n) is 7.58. The highest BCUT2D eigenvalue weighted by Gasteiger charge is 2.13. The molecule has 0 bridgehead atoms. The zero-order valence-corrected chi connectivity index (χ0v) is 16.3. The largest absolute Gasteiger partial charge is 0.478 e. The summed E-state index contributed by atoms with van der Waals surface area (Å²) in [4.78, 5) is 23.8. The number of carbonyl (C=O) groups excluding carboxylic acids is 1. The molecule has 0 aromatic heterocycles. The minimum Gasteiger partial charge on any atom is -0.478 e. The van der Waals surface area contributed by atoms with E-state index in [2.05, 4.69) is 10.6 Å². The molecule has 3 aromatic carbocycles. The maximum absolute atomic E-state index is 12.4. The first-order chi connectivity index (χ1) is 12.4. The van der Waals surface area contributed by atoms with Crippen LogP contribution >= 0.6 is 34.8 Å². The van der Waals surface area contributed by atoms with Crippen LogP contribution in [0.3, 0.4) is 0 Å². The minimum atomic E-state index is -1.07. The van der Waals surface area contributed by atoms with Gasteiger partial charge >= 0.3 is 5.97 Å². The number of rotatable bonds is 3. The van der Waals surface area contributed by atoms with Gasteiger partial charge in [-0.05, 0) is 75.9 Å². The molecule has 0 aliphatic rings. The summed E-state index contributed by atoms with van der Waals surface area (Å²) in [5.74, 6) is -1.44. The molecule has 0 radical (unpaired) electrons. The van der Waals surface area contributed by atoms with Crippen molar-refractivity contribution in [1.29, 1.82) is 0 Å². The van der Waals surface area contributed by atoms with E-state index in [9.17, 15) is 14.7 Å². The second-order valence-corrected chi connectivity index (χ2v) is 7.12. The normalized spacial score (nSPS) is 10.3. The number of hydrogen-bond acceptors (Lipinski definition) is 3. The number of hydrogen-bond donors (Lipinski definition) is 3. The maximum atomic E-state index is 12.4. The zero-order valence-electron chi connectivity index (χ0n) is 13.3. The number of carboxylic acids is 1. The number of aromatic carboxylic acids is 1. The van der Waals surface area contributed by atoms with Gasteiger partial charge in [0.25, 0.3) is 5.91 Å². The van der Waals surface area contributed by atoms with E-state index in [0.717, 1.165) is 14.3 Å². The number of carboxylic acid groups (broad SMARTS) is 1. The number of thiocarbonyl (C=S) groups is 1. The summed E-state index contributed by atoms with van der Waals surface area (Å²) in [5, 5.41) is 16.7. The summed E-state index contributed by atoms with van der Waals surface area (Å²) in [6.07, 6.45) is 0. The Kier molecular flexibility index (Phi) is 5.48. The number of amides is 1. The van der Waals surface area contributed by atoms with E-state index in [4.69, 9.17) is 12.2 Å². The second-order valence-electron chi connectivity index (χ2n) is 5.47. The topological polar surface area (TPSA) is 78.4 Å². The molecule has 0 aliphatic heterocycles. The summed E-state index contributed by atoms with van der Waals surface area (Å²) in [7, 11) is 0. The number of halogens is 1. The lowest BCUT2D eigenvalue weighted by molar-refractivity contribution is 0.0697. The van der Waals surface area contributed by atoms with Crippen molar-refractivity contribution in [3.63, 3.8) is 0 Å². The van der Waals surface area contributed by atoms with E-state index in [1.54, 1.807) is 24.3 Å². The number of benzene rings is 3. The van der Waals surface area contributed by atoms with Gasteiger partial charge in [0.05, 0.1) is 11.3 Å². The fraction of sp³-hybridized carbons (Fsp3) is 0. The summed E-state index contributed by atoms with van der Waals surface area (Å²) < 4.78 is 0.789. The third kappa shape index (κ3) is 4.17. The predicted molar refractivity (Wildman–Crippen MR) is 114 cm³/mol. The minimum absolute atomic E-state index is 0.0341. The molecule has 0 fully saturated rings. The van der Waals surface area contributed by atoms with E-state index < -0.39 is 5.97 Å². The van der Waals surface area contributed by atoms with E-state index >= 15 is 0 Å². The molecular weight excluding hydrogens is 463 g/mol. The lowest BCUT2D eigenvalue weighted by Crippen LogP contribution is -2.34. The highest BCUT2D eigenvalue weighted by molar-refractivity contribution is 14.1. The van der Waals surface area contributed by atoms with Crippen molar-refractivity contribution in [1.82, 2.24) is 5.32 Å². The van der Waals surface area contributed by atoms with Gasteiger partial charge < -0.3 is 10.4 Å². The fourth-order valence-electron chi connectivity index (χ4n) is 2.46. The van der Waals surface area contributed by atoms with Gasteiger partial charge in [0.1, 0.15) is 0 Å². The highest BCUT2D eigenvalue weighted by Crippen LogP contribution is 2.19. The zero-order chi connectivity index (χ0) is 18.7. The summed E-state index contributed by atoms with van der Waals surface area (Å²) >= 11 is 7.18. The second kappa shape index (κ2) is 7.79. The Morgan fingerprint density at radius 3 is 2.42 bits per heavy atom. The lowest BCUT2D eigenvalue weighted by atomic mass is 10.1. The van der Waals surface area contributed by atoms with Crippen LogP contribution in [-0.4, -0.2) is 22.1 Å². The van der Waals surface area contributed by atoms with Gasteiger partial charge in [-0.2, -0.15) is 0 Å². The van der Waals surface area contributed by atoms with Gasteiger partial charge in [-0.3, -0.25) is 10.1 Å². The Balaban J connectivity index is 1.75. The van der Waals surface area contributed by atoms with Gasteiger partial charge in [0, 0.05) is 9.13 Å². The Morgan fingerprint density at radius 2 is 1.69 bits per heavy atom. The molecule has 3 aromatic rings. The smallest absolute Gasteiger partial charge is 0.337 e. The van der Waals surface area contributed by atoms with Crippen molar-refractivity contribution in [3.05, 3.63) is 75.4 Å². The molecule has 130 valence electrons. The van der Waals surface area contributed by atoms with Gasteiger partial charge in [-0.25, -0.2) is 4.79 Å². The quantitative estimate of drug-likeness (QED) is 0.389. The molecule has 0 heterocycles. The van der Waals surface area contributed by atoms with Crippen molar-refractivity contribution < 1.29 is 14.7 Å². The average Bonchev–Trinajstić information content (AvgIpc) is 2.62. The molecule has 0 spiro atoms. The first-order valence-corrected chi connectivity index (χ1v) is 9.07. The molecule has 3 N–H and O–H groups in total. The first kappa shape index (κ1) is 18.3. The van der Waals surface area contributed by atoms with Crippen LogP contribution in [0.4, 0.5) is 5.69 Å². The molecule has 5 nitrogen and oxygen atoms in total. The fourth-order valence-corrected chi connectivity index (χ4v) is 3.16. The Hall–Kier alpha value is -2.52. The average molecular weight is 476 g/mol. The van der Waals surface area contributed by atoms with Crippen molar-refractivity contribution in [2.75, 3.05) is 5.32 Å². The molecule has 1 amide bonds. The van der Waals surface area contributed by atoms with Crippen LogP contribution in [0.1, 0.15) is 20.7 Å². The van der Waals surface area contributed by atoms with Crippen molar-refractivity contribution in [2.24, 2.45) is 0 Å². The van der Waals surface area contributed by atoms with Gasteiger partial charge in [0.2, 0.25) is 0 Å². The summed E-state index contributed by atoms with van der Waals surface area (Å²) in [6.45, 7) is 0. The van der Waals surface area contributed by atoms with Crippen LogP contribution in [0.2, 0.25) is 0 Å². The molecule has 26 heavy (non-hydrogen) atoms. The van der Waals surface area contributed by atoms with E-state index in [1.807, 2.05) is 52.9 Å². The molecule has 0 saturated heterocycles. The molecule has 0 saturated carbocycles. The third-order valence-electron chi connectivity index (χ3n) is 3.70. The standard InChI is InChI=1S/C19H13IN2O3S/c20-14-7-8-16(15(10-14)18(24)25)21-19(26)22-17(23)13-6-5-11-3-1-2-4-12(11)9-13/h1-10H,(H,24,25)(H2,21,22,23,26). The van der Waals surface area contributed by atoms with Crippen LogP contribution in [0, 0.1) is 3.57 Å². The predicted octanol–water partition coefficient (Wildman–Crippen LogP) is 4.27. The number of nitrogens with one attached hydrogen (secondary N) is 2. The van der Waals surface area contributed by atoms with Gasteiger partial charge in [-0.1, -0.05) is 30.3 Å². The van der Waals surface area contributed by atoms with Crippen LogP contribution in [0.15, 0.2) is 60.7 Å². The van der Waals surface area contributed by atoms with Crippen LogP contribution in [-0.2, 0) is 0 Å². The maximum Gasteiger partial charge on any atom is 0.337 e. The molecular formula is C19H13IN2O3S. The molecule has 0 unspecified atom stereocenters.